The zero-order valence-electron chi connectivity index (χ0n) is 8.21. The second-order valence-corrected chi connectivity index (χ2v) is 4.58. The third-order valence-electron chi connectivity index (χ3n) is 3.17. The summed E-state index contributed by atoms with van der Waals surface area (Å²) in [4.78, 5) is 0. The summed E-state index contributed by atoms with van der Waals surface area (Å²) in [5.74, 6) is -0.443. The normalized spacial score (nSPS) is 20.0. The van der Waals surface area contributed by atoms with Crippen molar-refractivity contribution < 1.29 is 9.50 Å². The minimum atomic E-state index is -0.443. The van der Waals surface area contributed by atoms with E-state index >= 15 is 0 Å². The molecule has 0 spiro atoms. The van der Waals surface area contributed by atoms with E-state index in [1.54, 1.807) is 6.07 Å². The van der Waals surface area contributed by atoms with Crippen LogP contribution in [0.3, 0.4) is 0 Å². The third-order valence-corrected chi connectivity index (χ3v) is 3.46. The van der Waals surface area contributed by atoms with Crippen LogP contribution in [0.1, 0.15) is 24.4 Å². The highest BCUT2D eigenvalue weighted by Crippen LogP contribution is 2.53. The summed E-state index contributed by atoms with van der Waals surface area (Å²) >= 11 is 5.68. The van der Waals surface area contributed by atoms with Gasteiger partial charge >= 0.3 is 0 Å². The number of hydrogen-bond donors (Lipinski definition) is 2. The van der Waals surface area contributed by atoms with Crippen LogP contribution in [0.25, 0.3) is 0 Å². The Labute approximate surface area is 92.9 Å². The van der Waals surface area contributed by atoms with Crippen molar-refractivity contribution >= 4 is 11.6 Å². The average Bonchev–Trinajstić information content (AvgIpc) is 3.02. The van der Waals surface area contributed by atoms with Crippen molar-refractivity contribution in [1.82, 2.24) is 0 Å². The summed E-state index contributed by atoms with van der Waals surface area (Å²) in [6, 6.07) is 4.21. The molecule has 0 bridgehead atoms. The summed E-state index contributed by atoms with van der Waals surface area (Å²) in [7, 11) is 0. The molecule has 0 saturated heterocycles. The predicted molar refractivity (Wildman–Crippen MR) is 57.1 cm³/mol. The zero-order chi connectivity index (χ0) is 11.1. The lowest BCUT2D eigenvalue weighted by Crippen LogP contribution is -2.25. The van der Waals surface area contributed by atoms with Crippen molar-refractivity contribution in [3.05, 3.63) is 34.6 Å². The van der Waals surface area contributed by atoms with Gasteiger partial charge in [-0.1, -0.05) is 17.7 Å². The summed E-state index contributed by atoms with van der Waals surface area (Å²) in [5, 5.41) is 9.31. The molecule has 1 unspecified atom stereocenters. The van der Waals surface area contributed by atoms with Gasteiger partial charge in [0.25, 0.3) is 0 Å². The molecular weight excluding hydrogens is 217 g/mol. The lowest BCUT2D eigenvalue weighted by atomic mass is 9.91. The fourth-order valence-corrected chi connectivity index (χ4v) is 1.98. The van der Waals surface area contributed by atoms with Crippen LogP contribution < -0.4 is 5.73 Å². The summed E-state index contributed by atoms with van der Waals surface area (Å²) < 4.78 is 12.9. The van der Waals surface area contributed by atoms with Crippen molar-refractivity contribution in [2.24, 2.45) is 11.1 Å². The fraction of sp³-hybridized carbons (Fsp3) is 0.455. The highest BCUT2D eigenvalue weighted by atomic mass is 35.5. The van der Waals surface area contributed by atoms with Crippen LogP contribution in [0, 0.1) is 11.2 Å². The number of hydrogen-bond acceptors (Lipinski definition) is 2. The van der Waals surface area contributed by atoms with Crippen LogP contribution in [0.2, 0.25) is 5.02 Å². The van der Waals surface area contributed by atoms with E-state index in [0.717, 1.165) is 18.4 Å². The van der Waals surface area contributed by atoms with E-state index < -0.39 is 5.82 Å². The molecule has 0 radical (unpaired) electrons. The van der Waals surface area contributed by atoms with E-state index in [4.69, 9.17) is 17.3 Å². The van der Waals surface area contributed by atoms with Crippen LogP contribution in [-0.2, 0) is 0 Å². The largest absolute Gasteiger partial charge is 0.396 e. The Morgan fingerprint density at radius 3 is 2.67 bits per heavy atom. The molecule has 1 aromatic rings. The molecule has 1 saturated carbocycles. The van der Waals surface area contributed by atoms with E-state index in [9.17, 15) is 9.50 Å². The molecule has 1 atom stereocenters. The average molecular weight is 230 g/mol. The van der Waals surface area contributed by atoms with Crippen molar-refractivity contribution in [1.29, 1.82) is 0 Å². The fourth-order valence-electron chi connectivity index (χ4n) is 1.79. The molecule has 82 valence electrons. The highest BCUT2D eigenvalue weighted by Gasteiger charge is 2.47. The molecule has 0 aromatic heterocycles. The van der Waals surface area contributed by atoms with Gasteiger partial charge in [0.15, 0.2) is 0 Å². The maximum Gasteiger partial charge on any atom is 0.141 e. The van der Waals surface area contributed by atoms with Crippen molar-refractivity contribution in [2.45, 2.75) is 18.9 Å². The summed E-state index contributed by atoms with van der Waals surface area (Å²) in [6.45, 7) is 0.0726. The van der Waals surface area contributed by atoms with Crippen LogP contribution in [0.4, 0.5) is 4.39 Å². The van der Waals surface area contributed by atoms with Crippen molar-refractivity contribution in [2.75, 3.05) is 6.61 Å². The zero-order valence-corrected chi connectivity index (χ0v) is 8.97. The smallest absolute Gasteiger partial charge is 0.141 e. The summed E-state index contributed by atoms with van der Waals surface area (Å²) in [5.41, 5.74) is 6.60. The standard InChI is InChI=1S/C11H13ClFNO/c12-8-5-7(1-2-9(8)13)10(14)11(6-15)3-4-11/h1-2,5,10,15H,3-4,6,14H2. The monoisotopic (exact) mass is 229 g/mol. The molecule has 0 amide bonds. The lowest BCUT2D eigenvalue weighted by Gasteiger charge is -2.21. The molecule has 1 aliphatic carbocycles. The topological polar surface area (TPSA) is 46.2 Å². The molecule has 0 aliphatic heterocycles. The Balaban J connectivity index is 2.26. The predicted octanol–water partition coefficient (Wildman–Crippen LogP) is 2.25. The molecule has 0 heterocycles. The highest BCUT2D eigenvalue weighted by molar-refractivity contribution is 6.30. The Morgan fingerprint density at radius 2 is 2.20 bits per heavy atom. The second kappa shape index (κ2) is 3.74. The molecule has 2 rings (SSSR count). The van der Waals surface area contributed by atoms with Gasteiger partial charge in [-0.05, 0) is 30.5 Å². The van der Waals surface area contributed by atoms with Gasteiger partial charge in [-0.25, -0.2) is 4.39 Å². The quantitative estimate of drug-likeness (QED) is 0.835. The first-order valence-electron chi connectivity index (χ1n) is 4.90. The van der Waals surface area contributed by atoms with Gasteiger partial charge in [0.2, 0.25) is 0 Å². The first-order chi connectivity index (χ1) is 7.09. The Hall–Kier alpha value is -0.640. The van der Waals surface area contributed by atoms with Gasteiger partial charge in [-0.2, -0.15) is 0 Å². The van der Waals surface area contributed by atoms with E-state index in [0.29, 0.717) is 0 Å². The van der Waals surface area contributed by atoms with E-state index in [2.05, 4.69) is 0 Å². The van der Waals surface area contributed by atoms with Crippen LogP contribution >= 0.6 is 11.6 Å². The number of halogens is 2. The van der Waals surface area contributed by atoms with Crippen molar-refractivity contribution in [3.63, 3.8) is 0 Å². The van der Waals surface area contributed by atoms with Crippen molar-refractivity contribution in [3.8, 4) is 0 Å². The maximum atomic E-state index is 12.9. The molecule has 3 N–H and O–H groups in total. The molecule has 1 aliphatic rings. The molecule has 1 fully saturated rings. The Kier molecular flexibility index (Phi) is 2.71. The van der Waals surface area contributed by atoms with E-state index in [1.807, 2.05) is 0 Å². The van der Waals surface area contributed by atoms with E-state index in [1.165, 1.54) is 12.1 Å². The van der Waals surface area contributed by atoms with E-state index in [-0.39, 0.29) is 23.1 Å². The summed E-state index contributed by atoms with van der Waals surface area (Å²) in [6.07, 6.45) is 1.83. The molecule has 15 heavy (non-hydrogen) atoms. The van der Waals surface area contributed by atoms with Gasteiger partial charge in [-0.3, -0.25) is 0 Å². The maximum absolute atomic E-state index is 12.9. The van der Waals surface area contributed by atoms with Crippen LogP contribution in [-0.4, -0.2) is 11.7 Å². The molecule has 4 heteroatoms. The minimum absolute atomic E-state index is 0.0726. The van der Waals surface area contributed by atoms with Gasteiger partial charge in [0.05, 0.1) is 11.6 Å². The minimum Gasteiger partial charge on any atom is -0.396 e. The molecule has 1 aromatic carbocycles. The number of nitrogens with two attached hydrogens (primary N) is 1. The number of rotatable bonds is 3. The van der Waals surface area contributed by atoms with Crippen LogP contribution in [0.5, 0.6) is 0 Å². The lowest BCUT2D eigenvalue weighted by molar-refractivity contribution is 0.187. The molecule has 2 nitrogen and oxygen atoms in total. The molecular formula is C11H13ClFNO. The Morgan fingerprint density at radius 1 is 1.53 bits per heavy atom. The second-order valence-electron chi connectivity index (χ2n) is 4.17. The number of aliphatic hydroxyl groups is 1. The SMILES string of the molecule is NC(c1ccc(F)c(Cl)c1)C1(CO)CC1. The van der Waals surface area contributed by atoms with Gasteiger partial charge < -0.3 is 10.8 Å². The number of aliphatic hydroxyl groups excluding tert-OH is 1. The Bertz CT molecular complexity index is 379. The first-order valence-corrected chi connectivity index (χ1v) is 5.28. The third kappa shape index (κ3) is 1.87. The van der Waals surface area contributed by atoms with Crippen LogP contribution in [0.15, 0.2) is 18.2 Å². The van der Waals surface area contributed by atoms with Gasteiger partial charge in [0, 0.05) is 11.5 Å². The number of benzene rings is 1. The van der Waals surface area contributed by atoms with Gasteiger partial charge in [0.1, 0.15) is 5.82 Å². The first kappa shape index (κ1) is 10.9. The van der Waals surface area contributed by atoms with Gasteiger partial charge in [-0.15, -0.1) is 0 Å².